The minimum atomic E-state index is -0.124. The van der Waals surface area contributed by atoms with Crippen molar-refractivity contribution in [1.82, 2.24) is 15.2 Å². The van der Waals surface area contributed by atoms with Crippen LogP contribution >= 0.6 is 0 Å². The third-order valence-corrected chi connectivity index (χ3v) is 4.22. The second-order valence-corrected chi connectivity index (χ2v) is 6.35. The van der Waals surface area contributed by atoms with Crippen molar-refractivity contribution >= 4 is 11.8 Å². The summed E-state index contributed by atoms with van der Waals surface area (Å²) in [5.74, 6) is -0.121. The van der Waals surface area contributed by atoms with Gasteiger partial charge in [0.1, 0.15) is 0 Å². The van der Waals surface area contributed by atoms with E-state index in [1.165, 1.54) is 5.56 Å². The van der Waals surface area contributed by atoms with Crippen molar-refractivity contribution in [2.75, 3.05) is 13.6 Å². The van der Waals surface area contributed by atoms with Crippen LogP contribution in [0.2, 0.25) is 0 Å². The molecule has 132 valence electrons. The number of hydrogen-bond acceptors (Lipinski definition) is 3. The molecule has 0 bridgehead atoms. The summed E-state index contributed by atoms with van der Waals surface area (Å²) < 4.78 is 0. The van der Waals surface area contributed by atoms with Crippen LogP contribution in [-0.4, -0.2) is 35.3 Å². The molecule has 1 aromatic carbocycles. The van der Waals surface area contributed by atoms with Crippen LogP contribution in [0.3, 0.4) is 0 Å². The van der Waals surface area contributed by atoms with Crippen LogP contribution in [0.5, 0.6) is 0 Å². The topological polar surface area (TPSA) is 62.3 Å². The van der Waals surface area contributed by atoms with Crippen molar-refractivity contribution in [2.24, 2.45) is 0 Å². The van der Waals surface area contributed by atoms with Gasteiger partial charge in [-0.25, -0.2) is 0 Å². The molecule has 1 N–H and O–H groups in total. The Morgan fingerprint density at radius 3 is 2.64 bits per heavy atom. The molecule has 1 unspecified atom stereocenters. The SMILES string of the molecule is Cc1ccccc1C(C)CC(=O)NCC(=O)N(C)Cc1cccnc1. The van der Waals surface area contributed by atoms with E-state index in [-0.39, 0.29) is 24.3 Å². The number of aryl methyl sites for hydroxylation is 1. The highest BCUT2D eigenvalue weighted by Crippen LogP contribution is 2.22. The highest BCUT2D eigenvalue weighted by Gasteiger charge is 2.15. The summed E-state index contributed by atoms with van der Waals surface area (Å²) in [7, 11) is 1.72. The second kappa shape index (κ2) is 8.97. The molecule has 25 heavy (non-hydrogen) atoms. The van der Waals surface area contributed by atoms with E-state index in [1.54, 1.807) is 24.3 Å². The summed E-state index contributed by atoms with van der Waals surface area (Å²) in [5.41, 5.74) is 3.30. The van der Waals surface area contributed by atoms with E-state index < -0.39 is 0 Å². The molecule has 2 rings (SSSR count). The molecule has 5 heteroatoms. The maximum atomic E-state index is 12.2. The first kappa shape index (κ1) is 18.6. The number of nitrogens with zero attached hydrogens (tertiary/aromatic N) is 2. The molecule has 1 heterocycles. The summed E-state index contributed by atoms with van der Waals surface area (Å²) in [6, 6.07) is 11.8. The Bertz CT molecular complexity index is 716. The Morgan fingerprint density at radius 2 is 1.96 bits per heavy atom. The summed E-state index contributed by atoms with van der Waals surface area (Å²) in [6.07, 6.45) is 3.79. The molecule has 1 aromatic heterocycles. The van der Waals surface area contributed by atoms with Gasteiger partial charge in [0, 0.05) is 32.4 Å². The molecule has 0 saturated carbocycles. The molecule has 0 aliphatic carbocycles. The lowest BCUT2D eigenvalue weighted by Crippen LogP contribution is -2.38. The van der Waals surface area contributed by atoms with Crippen molar-refractivity contribution in [2.45, 2.75) is 32.7 Å². The van der Waals surface area contributed by atoms with Gasteiger partial charge in [-0.3, -0.25) is 14.6 Å². The maximum Gasteiger partial charge on any atom is 0.242 e. The number of carbonyl (C=O) groups is 2. The predicted molar refractivity (Wildman–Crippen MR) is 97.9 cm³/mol. The quantitative estimate of drug-likeness (QED) is 0.843. The van der Waals surface area contributed by atoms with Crippen LogP contribution in [0.25, 0.3) is 0 Å². The number of rotatable bonds is 7. The molecule has 0 aliphatic heterocycles. The van der Waals surface area contributed by atoms with Crippen LogP contribution in [-0.2, 0) is 16.1 Å². The Labute approximate surface area is 149 Å². The summed E-state index contributed by atoms with van der Waals surface area (Å²) >= 11 is 0. The zero-order chi connectivity index (χ0) is 18.2. The monoisotopic (exact) mass is 339 g/mol. The van der Waals surface area contributed by atoms with E-state index in [4.69, 9.17) is 0 Å². The Morgan fingerprint density at radius 1 is 1.20 bits per heavy atom. The number of carbonyl (C=O) groups excluding carboxylic acids is 2. The molecule has 5 nitrogen and oxygen atoms in total. The van der Waals surface area contributed by atoms with Gasteiger partial charge in [-0.05, 0) is 35.6 Å². The first-order chi connectivity index (χ1) is 12.0. The van der Waals surface area contributed by atoms with Crippen LogP contribution in [0, 0.1) is 6.92 Å². The summed E-state index contributed by atoms with van der Waals surface area (Å²) in [5, 5.41) is 2.72. The van der Waals surface area contributed by atoms with Gasteiger partial charge in [-0.2, -0.15) is 0 Å². The molecule has 0 spiro atoms. The minimum absolute atomic E-state index is 0.0100. The maximum absolute atomic E-state index is 12.2. The highest BCUT2D eigenvalue weighted by atomic mass is 16.2. The van der Waals surface area contributed by atoms with Gasteiger partial charge in [-0.15, -0.1) is 0 Å². The molecular weight excluding hydrogens is 314 g/mol. The lowest BCUT2D eigenvalue weighted by atomic mass is 9.93. The average Bonchev–Trinajstić information content (AvgIpc) is 2.60. The lowest BCUT2D eigenvalue weighted by molar-refractivity contribution is -0.132. The van der Waals surface area contributed by atoms with Crippen molar-refractivity contribution in [3.63, 3.8) is 0 Å². The normalized spacial score (nSPS) is 11.6. The molecule has 2 amide bonds. The van der Waals surface area contributed by atoms with Gasteiger partial charge in [0.25, 0.3) is 0 Å². The van der Waals surface area contributed by atoms with Crippen molar-refractivity contribution in [3.05, 3.63) is 65.5 Å². The first-order valence-corrected chi connectivity index (χ1v) is 8.42. The summed E-state index contributed by atoms with van der Waals surface area (Å²) in [4.78, 5) is 29.9. The molecular formula is C20H25N3O2. The zero-order valence-corrected chi connectivity index (χ0v) is 15.0. The standard InChI is InChI=1S/C20H25N3O2/c1-15-7-4-5-9-18(15)16(2)11-19(24)22-13-20(25)23(3)14-17-8-6-10-21-12-17/h4-10,12,16H,11,13-14H2,1-3H3,(H,22,24). The number of amides is 2. The predicted octanol–water partition coefficient (Wildman–Crippen LogP) is 2.66. The van der Waals surface area contributed by atoms with Crippen LogP contribution in [0.4, 0.5) is 0 Å². The Hall–Kier alpha value is -2.69. The molecule has 0 saturated heterocycles. The zero-order valence-electron chi connectivity index (χ0n) is 15.0. The van der Waals surface area contributed by atoms with Crippen molar-refractivity contribution < 1.29 is 9.59 Å². The number of benzene rings is 1. The van der Waals surface area contributed by atoms with E-state index in [0.29, 0.717) is 13.0 Å². The van der Waals surface area contributed by atoms with Crippen molar-refractivity contribution in [1.29, 1.82) is 0 Å². The van der Waals surface area contributed by atoms with Gasteiger partial charge in [0.05, 0.1) is 6.54 Å². The third kappa shape index (κ3) is 5.71. The number of aromatic nitrogens is 1. The third-order valence-electron chi connectivity index (χ3n) is 4.22. The lowest BCUT2D eigenvalue weighted by Gasteiger charge is -2.18. The molecule has 2 aromatic rings. The number of likely N-dealkylation sites (N-methyl/N-ethyl adjacent to an activating group) is 1. The summed E-state index contributed by atoms with van der Waals surface area (Å²) in [6.45, 7) is 4.55. The van der Waals surface area contributed by atoms with E-state index in [9.17, 15) is 9.59 Å². The van der Waals surface area contributed by atoms with E-state index in [2.05, 4.69) is 10.3 Å². The Balaban J connectivity index is 1.79. The number of hydrogen-bond donors (Lipinski definition) is 1. The molecule has 0 aliphatic rings. The fourth-order valence-electron chi connectivity index (χ4n) is 2.76. The first-order valence-electron chi connectivity index (χ1n) is 8.42. The van der Waals surface area contributed by atoms with E-state index in [0.717, 1.165) is 11.1 Å². The van der Waals surface area contributed by atoms with E-state index in [1.807, 2.05) is 50.2 Å². The molecule has 0 fully saturated rings. The number of nitrogens with one attached hydrogen (secondary N) is 1. The molecule has 0 radical (unpaired) electrons. The average molecular weight is 339 g/mol. The van der Waals surface area contributed by atoms with Gasteiger partial charge in [-0.1, -0.05) is 37.3 Å². The van der Waals surface area contributed by atoms with Gasteiger partial charge < -0.3 is 10.2 Å². The van der Waals surface area contributed by atoms with Gasteiger partial charge in [0.2, 0.25) is 11.8 Å². The minimum Gasteiger partial charge on any atom is -0.347 e. The van der Waals surface area contributed by atoms with Gasteiger partial charge in [0.15, 0.2) is 0 Å². The second-order valence-electron chi connectivity index (χ2n) is 6.35. The van der Waals surface area contributed by atoms with Crippen LogP contribution in [0.15, 0.2) is 48.8 Å². The van der Waals surface area contributed by atoms with E-state index >= 15 is 0 Å². The Kier molecular flexibility index (Phi) is 6.69. The number of pyridine rings is 1. The van der Waals surface area contributed by atoms with Crippen molar-refractivity contribution in [3.8, 4) is 0 Å². The van der Waals surface area contributed by atoms with Crippen LogP contribution in [0.1, 0.15) is 36.0 Å². The molecule has 1 atom stereocenters. The largest absolute Gasteiger partial charge is 0.347 e. The smallest absolute Gasteiger partial charge is 0.242 e. The van der Waals surface area contributed by atoms with Gasteiger partial charge >= 0.3 is 0 Å². The highest BCUT2D eigenvalue weighted by molar-refractivity contribution is 5.84. The van der Waals surface area contributed by atoms with Crippen LogP contribution < -0.4 is 5.32 Å². The fraction of sp³-hybridized carbons (Fsp3) is 0.350. The fourth-order valence-corrected chi connectivity index (χ4v) is 2.76.